The zero-order valence-electron chi connectivity index (χ0n) is 12.0. The van der Waals surface area contributed by atoms with Crippen molar-refractivity contribution in [2.24, 2.45) is 5.41 Å². The third-order valence-corrected chi connectivity index (χ3v) is 4.22. The number of hydrogen-bond acceptors (Lipinski definition) is 2. The van der Waals surface area contributed by atoms with E-state index in [1.165, 1.54) is 11.1 Å². The lowest BCUT2D eigenvalue weighted by Gasteiger charge is -2.52. The Morgan fingerprint density at radius 2 is 1.94 bits per heavy atom. The van der Waals surface area contributed by atoms with Crippen molar-refractivity contribution in [3.8, 4) is 0 Å². The molecule has 1 aliphatic carbocycles. The van der Waals surface area contributed by atoms with Crippen molar-refractivity contribution in [3.63, 3.8) is 0 Å². The van der Waals surface area contributed by atoms with Gasteiger partial charge in [0, 0.05) is 24.6 Å². The molecule has 2 nitrogen and oxygen atoms in total. The number of hydrogen-bond donors (Lipinski definition) is 1. The van der Waals surface area contributed by atoms with Gasteiger partial charge < -0.3 is 10.1 Å². The van der Waals surface area contributed by atoms with Crippen LogP contribution in [0.1, 0.15) is 38.3 Å². The van der Waals surface area contributed by atoms with Crippen LogP contribution in [0.25, 0.3) is 0 Å². The van der Waals surface area contributed by atoms with Gasteiger partial charge in [-0.25, -0.2) is 0 Å². The fourth-order valence-electron chi connectivity index (χ4n) is 2.66. The van der Waals surface area contributed by atoms with E-state index < -0.39 is 0 Å². The van der Waals surface area contributed by atoms with E-state index in [1.54, 1.807) is 0 Å². The predicted molar refractivity (Wildman–Crippen MR) is 75.6 cm³/mol. The van der Waals surface area contributed by atoms with Crippen LogP contribution in [0.2, 0.25) is 0 Å². The summed E-state index contributed by atoms with van der Waals surface area (Å²) in [5.41, 5.74) is 2.93. The fraction of sp³-hybridized carbons (Fsp3) is 0.625. The maximum absolute atomic E-state index is 5.75. The van der Waals surface area contributed by atoms with Gasteiger partial charge in [0.05, 0.1) is 6.10 Å². The van der Waals surface area contributed by atoms with Gasteiger partial charge in [-0.15, -0.1) is 0 Å². The first kappa shape index (κ1) is 13.6. The lowest BCUT2D eigenvalue weighted by molar-refractivity contribution is -0.114. The molecule has 2 rings (SSSR count). The van der Waals surface area contributed by atoms with Crippen molar-refractivity contribution in [2.45, 2.75) is 52.8 Å². The van der Waals surface area contributed by atoms with E-state index in [1.807, 2.05) is 0 Å². The Bertz CT molecular complexity index is 383. The van der Waals surface area contributed by atoms with Crippen LogP contribution in [0, 0.1) is 12.3 Å². The monoisotopic (exact) mass is 247 g/mol. The molecule has 2 unspecified atom stereocenters. The summed E-state index contributed by atoms with van der Waals surface area (Å²) in [5.74, 6) is 0. The number of benzene rings is 1. The summed E-state index contributed by atoms with van der Waals surface area (Å²) in [6.07, 6.45) is 1.55. The smallest absolute Gasteiger partial charge is 0.0655 e. The van der Waals surface area contributed by atoms with Crippen LogP contribution < -0.4 is 5.32 Å². The van der Waals surface area contributed by atoms with E-state index in [9.17, 15) is 0 Å². The van der Waals surface area contributed by atoms with Crippen molar-refractivity contribution < 1.29 is 4.74 Å². The molecule has 2 heteroatoms. The topological polar surface area (TPSA) is 21.3 Å². The third kappa shape index (κ3) is 2.76. The second-order valence-corrected chi connectivity index (χ2v) is 5.92. The van der Waals surface area contributed by atoms with Gasteiger partial charge >= 0.3 is 0 Å². The highest BCUT2D eigenvalue weighted by Gasteiger charge is 2.48. The summed E-state index contributed by atoms with van der Waals surface area (Å²) in [5, 5.41) is 3.65. The predicted octanol–water partition coefficient (Wildman–Crippen LogP) is 3.29. The highest BCUT2D eigenvalue weighted by molar-refractivity contribution is 5.21. The first-order valence-electron chi connectivity index (χ1n) is 6.94. The Hall–Kier alpha value is -0.860. The highest BCUT2D eigenvalue weighted by atomic mass is 16.5. The van der Waals surface area contributed by atoms with Gasteiger partial charge in [-0.3, -0.25) is 0 Å². The van der Waals surface area contributed by atoms with Crippen LogP contribution in [-0.4, -0.2) is 18.8 Å². The summed E-state index contributed by atoms with van der Waals surface area (Å²) in [6, 6.07) is 9.32. The van der Waals surface area contributed by atoms with Gasteiger partial charge in [0.1, 0.15) is 0 Å². The summed E-state index contributed by atoms with van der Waals surface area (Å²) in [4.78, 5) is 0. The van der Waals surface area contributed by atoms with Crippen LogP contribution in [0.5, 0.6) is 0 Å². The maximum atomic E-state index is 5.75. The van der Waals surface area contributed by atoms with Gasteiger partial charge in [-0.1, -0.05) is 43.7 Å². The van der Waals surface area contributed by atoms with Crippen LogP contribution in [-0.2, 0) is 11.3 Å². The van der Waals surface area contributed by atoms with Crippen LogP contribution in [0.3, 0.4) is 0 Å². The summed E-state index contributed by atoms with van der Waals surface area (Å²) in [7, 11) is 0. The molecular weight excluding hydrogens is 222 g/mol. The number of nitrogens with one attached hydrogen (secondary N) is 1. The minimum Gasteiger partial charge on any atom is -0.378 e. The maximum Gasteiger partial charge on any atom is 0.0655 e. The van der Waals surface area contributed by atoms with E-state index >= 15 is 0 Å². The average molecular weight is 247 g/mol. The standard InChI is InChI=1S/C16H25NO/c1-5-18-15-10-14(16(15,3)4)17-11-13-8-6-12(2)7-9-13/h6-9,14-15,17H,5,10-11H2,1-4H3. The zero-order valence-corrected chi connectivity index (χ0v) is 12.0. The SMILES string of the molecule is CCOC1CC(NCc2ccc(C)cc2)C1(C)C. The second-order valence-electron chi connectivity index (χ2n) is 5.92. The molecule has 0 heterocycles. The summed E-state index contributed by atoms with van der Waals surface area (Å²) in [6.45, 7) is 10.6. The molecule has 18 heavy (non-hydrogen) atoms. The molecule has 1 saturated carbocycles. The molecule has 1 aliphatic rings. The fourth-order valence-corrected chi connectivity index (χ4v) is 2.66. The third-order valence-electron chi connectivity index (χ3n) is 4.22. The minimum atomic E-state index is 0.251. The van der Waals surface area contributed by atoms with E-state index in [4.69, 9.17) is 4.74 Å². The molecule has 1 aromatic carbocycles. The zero-order chi connectivity index (χ0) is 13.2. The van der Waals surface area contributed by atoms with Gasteiger partial charge in [-0.2, -0.15) is 0 Å². The van der Waals surface area contributed by atoms with Gasteiger partial charge in [0.25, 0.3) is 0 Å². The molecule has 0 spiro atoms. The second kappa shape index (κ2) is 5.41. The number of aryl methyl sites for hydroxylation is 1. The van der Waals surface area contributed by atoms with Crippen LogP contribution in [0.4, 0.5) is 0 Å². The normalized spacial score (nSPS) is 25.8. The highest BCUT2D eigenvalue weighted by Crippen LogP contribution is 2.42. The van der Waals surface area contributed by atoms with Gasteiger partial charge in [0.2, 0.25) is 0 Å². The molecule has 1 aromatic rings. The Kier molecular flexibility index (Phi) is 4.08. The minimum absolute atomic E-state index is 0.251. The van der Waals surface area contributed by atoms with E-state index in [0.29, 0.717) is 12.1 Å². The molecule has 0 saturated heterocycles. The molecule has 100 valence electrons. The average Bonchev–Trinajstić information content (AvgIpc) is 2.35. The van der Waals surface area contributed by atoms with Crippen LogP contribution in [0.15, 0.2) is 24.3 Å². The molecule has 0 aliphatic heterocycles. The van der Waals surface area contributed by atoms with Crippen LogP contribution >= 0.6 is 0 Å². The first-order chi connectivity index (χ1) is 8.54. The van der Waals surface area contributed by atoms with E-state index in [2.05, 4.69) is 57.3 Å². The number of ether oxygens (including phenoxy) is 1. The van der Waals surface area contributed by atoms with Crippen molar-refractivity contribution >= 4 is 0 Å². The Balaban J connectivity index is 1.83. The molecule has 2 atom stereocenters. The van der Waals surface area contributed by atoms with Crippen molar-refractivity contribution in [1.29, 1.82) is 0 Å². The van der Waals surface area contributed by atoms with Crippen molar-refractivity contribution in [1.82, 2.24) is 5.32 Å². The number of rotatable bonds is 5. The Morgan fingerprint density at radius 3 is 2.50 bits per heavy atom. The van der Waals surface area contributed by atoms with Gasteiger partial charge in [-0.05, 0) is 25.8 Å². The molecule has 1 N–H and O–H groups in total. The lowest BCUT2D eigenvalue weighted by Crippen LogP contribution is -2.60. The molecule has 1 fully saturated rings. The molecule has 0 bridgehead atoms. The van der Waals surface area contributed by atoms with E-state index in [-0.39, 0.29) is 5.41 Å². The molecular formula is C16H25NO. The van der Waals surface area contributed by atoms with E-state index in [0.717, 1.165) is 19.6 Å². The molecule has 0 amide bonds. The first-order valence-corrected chi connectivity index (χ1v) is 6.94. The van der Waals surface area contributed by atoms with Crippen molar-refractivity contribution in [2.75, 3.05) is 6.61 Å². The molecule has 0 aromatic heterocycles. The largest absolute Gasteiger partial charge is 0.378 e. The summed E-state index contributed by atoms with van der Waals surface area (Å²) < 4.78 is 5.75. The van der Waals surface area contributed by atoms with Crippen molar-refractivity contribution in [3.05, 3.63) is 35.4 Å². The quantitative estimate of drug-likeness (QED) is 0.862. The Morgan fingerprint density at radius 1 is 1.28 bits per heavy atom. The molecule has 0 radical (unpaired) electrons. The summed E-state index contributed by atoms with van der Waals surface area (Å²) >= 11 is 0. The van der Waals surface area contributed by atoms with Gasteiger partial charge in [0.15, 0.2) is 0 Å². The lowest BCUT2D eigenvalue weighted by atomic mass is 9.64. The Labute approximate surface area is 111 Å².